The summed E-state index contributed by atoms with van der Waals surface area (Å²) in [7, 11) is 0. The molecule has 1 heterocycles. The fourth-order valence-electron chi connectivity index (χ4n) is 3.18. The highest BCUT2D eigenvalue weighted by Crippen LogP contribution is 2.45. The Morgan fingerprint density at radius 3 is 1.71 bits per heavy atom. The van der Waals surface area contributed by atoms with Crippen molar-refractivity contribution in [2.24, 2.45) is 4.99 Å². The van der Waals surface area contributed by atoms with Crippen molar-refractivity contribution < 1.29 is 0 Å². The molecule has 100 valence electrons. The lowest BCUT2D eigenvalue weighted by molar-refractivity contribution is 0.868. The maximum absolute atomic E-state index is 4.68. The van der Waals surface area contributed by atoms with Gasteiger partial charge in [-0.3, -0.25) is 4.99 Å². The predicted octanol–water partition coefficient (Wildman–Crippen LogP) is 4.74. The lowest BCUT2D eigenvalue weighted by Gasteiger charge is -2.29. The molecule has 0 atom stereocenters. The molecule has 3 aromatic carbocycles. The van der Waals surface area contributed by atoms with E-state index < -0.39 is 0 Å². The Hall–Kier alpha value is -2.67. The largest absolute Gasteiger partial charge is 0.259 e. The van der Waals surface area contributed by atoms with Gasteiger partial charge in [-0.1, -0.05) is 78.9 Å². The van der Waals surface area contributed by atoms with Crippen LogP contribution in [0.5, 0.6) is 0 Å². The first-order chi connectivity index (χ1) is 10.4. The molecule has 1 nitrogen and oxygen atoms in total. The van der Waals surface area contributed by atoms with Gasteiger partial charge in [-0.05, 0) is 22.8 Å². The predicted molar refractivity (Wildman–Crippen MR) is 87.4 cm³/mol. The van der Waals surface area contributed by atoms with E-state index >= 15 is 0 Å². The van der Waals surface area contributed by atoms with Crippen molar-refractivity contribution in [3.8, 4) is 0 Å². The molecule has 0 saturated heterocycles. The van der Waals surface area contributed by atoms with Crippen molar-refractivity contribution in [1.29, 1.82) is 0 Å². The van der Waals surface area contributed by atoms with E-state index in [0.717, 1.165) is 5.69 Å². The summed E-state index contributed by atoms with van der Waals surface area (Å²) in [4.78, 5) is 4.68. The minimum Gasteiger partial charge on any atom is -0.259 e. The van der Waals surface area contributed by atoms with E-state index in [1.54, 1.807) is 0 Å². The van der Waals surface area contributed by atoms with Gasteiger partial charge in [0.25, 0.3) is 0 Å². The zero-order chi connectivity index (χ0) is 14.1. The van der Waals surface area contributed by atoms with Crippen molar-refractivity contribution in [1.82, 2.24) is 0 Å². The molecule has 0 radical (unpaired) electrons. The quantitative estimate of drug-likeness (QED) is 0.637. The van der Waals surface area contributed by atoms with Crippen LogP contribution in [0.3, 0.4) is 0 Å². The van der Waals surface area contributed by atoms with Gasteiger partial charge >= 0.3 is 0 Å². The van der Waals surface area contributed by atoms with Gasteiger partial charge in [-0.25, -0.2) is 0 Å². The molecule has 0 saturated carbocycles. The summed E-state index contributed by atoms with van der Waals surface area (Å²) in [6.07, 6.45) is 2.09. The second-order valence-corrected chi connectivity index (χ2v) is 5.32. The molecule has 1 aliphatic heterocycles. The smallest absolute Gasteiger partial charge is 0.0825 e. The second kappa shape index (κ2) is 4.71. The first-order valence-corrected chi connectivity index (χ1v) is 7.17. The van der Waals surface area contributed by atoms with Crippen molar-refractivity contribution in [2.45, 2.75) is 5.41 Å². The molecule has 3 aromatic rings. The number of aliphatic imine (C=N–C) groups is 1. The van der Waals surface area contributed by atoms with E-state index in [1.807, 2.05) is 6.07 Å². The summed E-state index contributed by atoms with van der Waals surface area (Å²) in [5, 5.41) is 0. The fourth-order valence-corrected chi connectivity index (χ4v) is 3.18. The van der Waals surface area contributed by atoms with Gasteiger partial charge in [-0.2, -0.15) is 0 Å². The van der Waals surface area contributed by atoms with Gasteiger partial charge in [-0.15, -0.1) is 0 Å². The van der Waals surface area contributed by atoms with Gasteiger partial charge in [0.2, 0.25) is 0 Å². The summed E-state index contributed by atoms with van der Waals surface area (Å²) in [5.41, 5.74) is 4.54. The van der Waals surface area contributed by atoms with Crippen LogP contribution < -0.4 is 0 Å². The Labute approximate surface area is 124 Å². The lowest BCUT2D eigenvalue weighted by atomic mass is 9.71. The van der Waals surface area contributed by atoms with E-state index in [1.165, 1.54) is 16.7 Å². The molecular formula is C20H15N. The Balaban J connectivity index is 2.05. The highest BCUT2D eigenvalue weighted by molar-refractivity contribution is 5.93. The molecule has 0 amide bonds. The number of rotatable bonds is 2. The standard InChI is InChI=1S/C20H15N/c1-3-9-16(10-4-1)20(17-11-5-2-6-12-17)15-21-19-14-8-7-13-18(19)20/h1-15H. The molecule has 0 unspecified atom stereocenters. The molecule has 1 heteroatoms. The summed E-state index contributed by atoms with van der Waals surface area (Å²) in [6, 6.07) is 29.6. The Kier molecular flexibility index (Phi) is 2.71. The van der Waals surface area contributed by atoms with E-state index in [-0.39, 0.29) is 5.41 Å². The summed E-state index contributed by atoms with van der Waals surface area (Å²) >= 11 is 0. The van der Waals surface area contributed by atoms with Crippen LogP contribution >= 0.6 is 0 Å². The van der Waals surface area contributed by atoms with E-state index in [0.29, 0.717) is 0 Å². The third-order valence-electron chi connectivity index (χ3n) is 4.18. The van der Waals surface area contributed by atoms with Crippen LogP contribution in [0, 0.1) is 0 Å². The second-order valence-electron chi connectivity index (χ2n) is 5.32. The molecule has 21 heavy (non-hydrogen) atoms. The molecule has 4 rings (SSSR count). The number of benzene rings is 3. The number of hydrogen-bond acceptors (Lipinski definition) is 1. The summed E-state index contributed by atoms with van der Waals surface area (Å²) in [5.74, 6) is 0. The molecule has 0 aliphatic carbocycles. The molecular weight excluding hydrogens is 254 g/mol. The monoisotopic (exact) mass is 269 g/mol. The highest BCUT2D eigenvalue weighted by Gasteiger charge is 2.39. The van der Waals surface area contributed by atoms with Crippen molar-refractivity contribution in [2.75, 3.05) is 0 Å². The van der Waals surface area contributed by atoms with Crippen LogP contribution in [0.15, 0.2) is 89.9 Å². The first-order valence-electron chi connectivity index (χ1n) is 7.17. The number of fused-ring (bicyclic) bond motifs is 1. The SMILES string of the molecule is C1=Nc2ccccc2C1(c1ccccc1)c1ccccc1. The van der Waals surface area contributed by atoms with Crippen molar-refractivity contribution >= 4 is 11.9 Å². The summed E-state index contributed by atoms with van der Waals surface area (Å²) < 4.78 is 0. The number of nitrogens with zero attached hydrogens (tertiary/aromatic N) is 1. The van der Waals surface area contributed by atoms with Crippen molar-refractivity contribution in [3.63, 3.8) is 0 Å². The molecule has 0 bridgehead atoms. The first kappa shape index (κ1) is 12.1. The number of para-hydroxylation sites is 1. The van der Waals surface area contributed by atoms with Crippen LogP contribution in [-0.2, 0) is 5.41 Å². The van der Waals surface area contributed by atoms with Crippen LogP contribution in [-0.4, -0.2) is 6.21 Å². The minimum absolute atomic E-state index is 0.279. The van der Waals surface area contributed by atoms with Crippen LogP contribution in [0.2, 0.25) is 0 Å². The Morgan fingerprint density at radius 1 is 0.571 bits per heavy atom. The fraction of sp³-hybridized carbons (Fsp3) is 0.0500. The average Bonchev–Trinajstić information content (AvgIpc) is 2.97. The van der Waals surface area contributed by atoms with Gasteiger partial charge in [0.05, 0.1) is 11.1 Å². The molecule has 0 spiro atoms. The van der Waals surface area contributed by atoms with Crippen LogP contribution in [0.25, 0.3) is 0 Å². The zero-order valence-electron chi connectivity index (χ0n) is 11.6. The van der Waals surface area contributed by atoms with Gasteiger partial charge < -0.3 is 0 Å². The van der Waals surface area contributed by atoms with E-state index in [4.69, 9.17) is 0 Å². The minimum atomic E-state index is -0.279. The maximum Gasteiger partial charge on any atom is 0.0825 e. The average molecular weight is 269 g/mol. The van der Waals surface area contributed by atoms with Crippen molar-refractivity contribution in [3.05, 3.63) is 102 Å². The van der Waals surface area contributed by atoms with E-state index in [9.17, 15) is 0 Å². The van der Waals surface area contributed by atoms with Crippen LogP contribution in [0.1, 0.15) is 16.7 Å². The number of hydrogen-bond donors (Lipinski definition) is 0. The van der Waals surface area contributed by atoms with Gasteiger partial charge in [0.15, 0.2) is 0 Å². The maximum atomic E-state index is 4.68. The van der Waals surface area contributed by atoms with Crippen LogP contribution in [0.4, 0.5) is 5.69 Å². The third kappa shape index (κ3) is 1.74. The van der Waals surface area contributed by atoms with Gasteiger partial charge in [0, 0.05) is 6.21 Å². The lowest BCUT2D eigenvalue weighted by Crippen LogP contribution is -2.28. The molecule has 1 aliphatic rings. The summed E-state index contributed by atoms with van der Waals surface area (Å²) in [6.45, 7) is 0. The molecule has 0 N–H and O–H groups in total. The Morgan fingerprint density at radius 2 is 1.10 bits per heavy atom. The molecule has 0 aromatic heterocycles. The Bertz CT molecular complexity index is 749. The van der Waals surface area contributed by atoms with Gasteiger partial charge in [0.1, 0.15) is 0 Å². The topological polar surface area (TPSA) is 12.4 Å². The normalized spacial score (nSPS) is 14.9. The third-order valence-corrected chi connectivity index (χ3v) is 4.18. The van der Waals surface area contributed by atoms with E-state index in [2.05, 4.69) is 90.1 Å². The zero-order valence-corrected chi connectivity index (χ0v) is 11.6. The molecule has 0 fully saturated rings. The highest BCUT2D eigenvalue weighted by atomic mass is 14.8.